The third kappa shape index (κ3) is 4.33. The van der Waals surface area contributed by atoms with Crippen LogP contribution in [0.4, 0.5) is 5.95 Å². The average molecular weight is 260 g/mol. The molecule has 1 heterocycles. The summed E-state index contributed by atoms with van der Waals surface area (Å²) < 4.78 is 27.2. The zero-order valence-electron chi connectivity index (χ0n) is 10.8. The van der Waals surface area contributed by atoms with Crippen molar-refractivity contribution in [3.05, 3.63) is 6.33 Å². The predicted molar refractivity (Wildman–Crippen MR) is 67.3 cm³/mol. The van der Waals surface area contributed by atoms with Crippen molar-refractivity contribution in [1.29, 1.82) is 0 Å². The third-order valence-corrected chi connectivity index (χ3v) is 3.51. The molecule has 1 aromatic rings. The number of anilines is 1. The Morgan fingerprint density at radius 3 is 2.53 bits per heavy atom. The van der Waals surface area contributed by atoms with E-state index in [2.05, 4.69) is 14.8 Å². The quantitative estimate of drug-likeness (QED) is 0.872. The maximum Gasteiger partial charge on any atom is 0.255 e. The minimum Gasteiger partial charge on any atom is -0.250 e. The summed E-state index contributed by atoms with van der Waals surface area (Å²) in [6.45, 7) is 7.85. The maximum absolute atomic E-state index is 11.6. The second-order valence-electron chi connectivity index (χ2n) is 4.96. The van der Waals surface area contributed by atoms with Crippen molar-refractivity contribution < 1.29 is 8.42 Å². The summed E-state index contributed by atoms with van der Waals surface area (Å²) in [7, 11) is -3.32. The van der Waals surface area contributed by atoms with Gasteiger partial charge in [-0.3, -0.25) is 0 Å². The molecule has 1 rings (SSSR count). The molecular weight excluding hydrogens is 240 g/mol. The SMILES string of the molecule is CCCCS(=O)(=O)Nc1ncn(C(C)(C)C)n1. The van der Waals surface area contributed by atoms with Crippen LogP contribution in [0.5, 0.6) is 0 Å². The summed E-state index contributed by atoms with van der Waals surface area (Å²) in [4.78, 5) is 3.94. The highest BCUT2D eigenvalue weighted by Gasteiger charge is 2.17. The van der Waals surface area contributed by atoms with Gasteiger partial charge in [0.05, 0.1) is 11.3 Å². The molecule has 17 heavy (non-hydrogen) atoms. The molecule has 0 saturated heterocycles. The summed E-state index contributed by atoms with van der Waals surface area (Å²) in [5, 5.41) is 4.09. The highest BCUT2D eigenvalue weighted by molar-refractivity contribution is 7.92. The molecule has 7 heteroatoms. The minimum atomic E-state index is -3.32. The number of unbranched alkanes of at least 4 members (excludes halogenated alkanes) is 1. The third-order valence-electron chi connectivity index (χ3n) is 2.19. The molecule has 0 amide bonds. The molecule has 98 valence electrons. The lowest BCUT2D eigenvalue weighted by Crippen LogP contribution is -2.23. The lowest BCUT2D eigenvalue weighted by atomic mass is 10.1. The Balaban J connectivity index is 2.73. The largest absolute Gasteiger partial charge is 0.255 e. The first-order valence-electron chi connectivity index (χ1n) is 5.67. The highest BCUT2D eigenvalue weighted by atomic mass is 32.2. The minimum absolute atomic E-state index is 0.105. The molecular formula is C10H20N4O2S. The fourth-order valence-electron chi connectivity index (χ4n) is 1.16. The first-order chi connectivity index (χ1) is 7.74. The van der Waals surface area contributed by atoms with Gasteiger partial charge in [-0.05, 0) is 27.2 Å². The highest BCUT2D eigenvalue weighted by Crippen LogP contribution is 2.13. The van der Waals surface area contributed by atoms with E-state index in [0.717, 1.165) is 6.42 Å². The van der Waals surface area contributed by atoms with Crippen molar-refractivity contribution >= 4 is 16.0 Å². The lowest BCUT2D eigenvalue weighted by molar-refractivity contribution is 0.355. The average Bonchev–Trinajstić information content (AvgIpc) is 2.62. The van der Waals surface area contributed by atoms with Gasteiger partial charge in [-0.15, -0.1) is 5.10 Å². The van der Waals surface area contributed by atoms with Crippen molar-refractivity contribution in [3.8, 4) is 0 Å². The Labute approximate surface area is 102 Å². The monoisotopic (exact) mass is 260 g/mol. The van der Waals surface area contributed by atoms with Crippen LogP contribution in [-0.2, 0) is 15.6 Å². The predicted octanol–water partition coefficient (Wildman–Crippen LogP) is 1.57. The molecule has 0 unspecified atom stereocenters. The normalized spacial score (nSPS) is 12.7. The number of rotatable bonds is 5. The van der Waals surface area contributed by atoms with Crippen LogP contribution in [0.2, 0.25) is 0 Å². The molecule has 0 aromatic carbocycles. The van der Waals surface area contributed by atoms with Gasteiger partial charge < -0.3 is 0 Å². The van der Waals surface area contributed by atoms with Crippen LogP contribution in [0, 0.1) is 0 Å². The van der Waals surface area contributed by atoms with Crippen molar-refractivity contribution in [2.24, 2.45) is 0 Å². The van der Waals surface area contributed by atoms with Gasteiger partial charge in [0, 0.05) is 0 Å². The van der Waals surface area contributed by atoms with E-state index in [1.807, 2.05) is 27.7 Å². The van der Waals surface area contributed by atoms with Gasteiger partial charge >= 0.3 is 0 Å². The molecule has 0 radical (unpaired) electrons. The zero-order chi connectivity index (χ0) is 13.1. The molecule has 0 spiro atoms. The molecule has 0 aliphatic rings. The van der Waals surface area contributed by atoms with Crippen molar-refractivity contribution in [1.82, 2.24) is 14.8 Å². The zero-order valence-corrected chi connectivity index (χ0v) is 11.6. The van der Waals surface area contributed by atoms with E-state index in [1.54, 1.807) is 4.68 Å². The van der Waals surface area contributed by atoms with E-state index in [0.29, 0.717) is 6.42 Å². The van der Waals surface area contributed by atoms with Crippen LogP contribution >= 0.6 is 0 Å². The van der Waals surface area contributed by atoms with Crippen LogP contribution < -0.4 is 4.72 Å². The smallest absolute Gasteiger partial charge is 0.250 e. The first-order valence-corrected chi connectivity index (χ1v) is 7.32. The van der Waals surface area contributed by atoms with E-state index in [9.17, 15) is 8.42 Å². The number of aromatic nitrogens is 3. The second kappa shape index (κ2) is 5.03. The Morgan fingerprint density at radius 2 is 2.06 bits per heavy atom. The number of sulfonamides is 1. The summed E-state index contributed by atoms with van der Waals surface area (Å²) in [6.07, 6.45) is 3.00. The molecule has 0 saturated carbocycles. The summed E-state index contributed by atoms with van der Waals surface area (Å²) in [5.74, 6) is 0.240. The Morgan fingerprint density at radius 1 is 1.41 bits per heavy atom. The fourth-order valence-corrected chi connectivity index (χ4v) is 2.30. The van der Waals surface area contributed by atoms with Crippen LogP contribution in [0.3, 0.4) is 0 Å². The van der Waals surface area contributed by atoms with Gasteiger partial charge in [-0.1, -0.05) is 13.3 Å². The van der Waals surface area contributed by atoms with E-state index in [-0.39, 0.29) is 17.2 Å². The Kier molecular flexibility index (Phi) is 4.13. The van der Waals surface area contributed by atoms with Gasteiger partial charge in [-0.25, -0.2) is 17.8 Å². The van der Waals surface area contributed by atoms with Gasteiger partial charge in [-0.2, -0.15) is 4.98 Å². The number of hydrogen-bond donors (Lipinski definition) is 1. The fraction of sp³-hybridized carbons (Fsp3) is 0.800. The number of nitrogens with one attached hydrogen (secondary N) is 1. The molecule has 1 aromatic heterocycles. The van der Waals surface area contributed by atoms with Gasteiger partial charge in [0.1, 0.15) is 6.33 Å². The Bertz CT molecular complexity index is 459. The van der Waals surface area contributed by atoms with Crippen LogP contribution in [-0.4, -0.2) is 28.9 Å². The van der Waals surface area contributed by atoms with Gasteiger partial charge in [0.15, 0.2) is 0 Å². The van der Waals surface area contributed by atoms with Gasteiger partial charge in [0.25, 0.3) is 5.95 Å². The van der Waals surface area contributed by atoms with Crippen LogP contribution in [0.25, 0.3) is 0 Å². The first kappa shape index (κ1) is 14.0. The molecule has 0 bridgehead atoms. The molecule has 0 aliphatic carbocycles. The number of nitrogens with zero attached hydrogens (tertiary/aromatic N) is 3. The van der Waals surface area contributed by atoms with E-state index in [1.165, 1.54) is 6.33 Å². The second-order valence-corrected chi connectivity index (χ2v) is 6.80. The standard InChI is InChI=1S/C10H20N4O2S/c1-5-6-7-17(15,16)13-9-11-8-14(12-9)10(2,3)4/h8H,5-7H2,1-4H3,(H,12,13). The van der Waals surface area contributed by atoms with E-state index >= 15 is 0 Å². The van der Waals surface area contributed by atoms with Gasteiger partial charge in [0.2, 0.25) is 10.0 Å². The number of hydrogen-bond acceptors (Lipinski definition) is 4. The van der Waals surface area contributed by atoms with Crippen LogP contribution in [0.15, 0.2) is 6.33 Å². The molecule has 6 nitrogen and oxygen atoms in total. The molecule has 0 fully saturated rings. The van der Waals surface area contributed by atoms with Crippen LogP contribution in [0.1, 0.15) is 40.5 Å². The van der Waals surface area contributed by atoms with E-state index < -0.39 is 10.0 Å². The van der Waals surface area contributed by atoms with Crippen molar-refractivity contribution in [2.45, 2.75) is 46.1 Å². The molecule has 0 atom stereocenters. The van der Waals surface area contributed by atoms with Crippen molar-refractivity contribution in [3.63, 3.8) is 0 Å². The summed E-state index contributed by atoms with van der Waals surface area (Å²) in [5.41, 5.74) is -0.208. The maximum atomic E-state index is 11.6. The molecule has 1 N–H and O–H groups in total. The topological polar surface area (TPSA) is 76.9 Å². The lowest BCUT2D eigenvalue weighted by Gasteiger charge is -2.17. The summed E-state index contributed by atoms with van der Waals surface area (Å²) in [6, 6.07) is 0. The molecule has 0 aliphatic heterocycles. The summed E-state index contributed by atoms with van der Waals surface area (Å²) >= 11 is 0. The van der Waals surface area contributed by atoms with Crippen molar-refractivity contribution in [2.75, 3.05) is 10.5 Å². The van der Waals surface area contributed by atoms with E-state index in [4.69, 9.17) is 0 Å². The Hall–Kier alpha value is -1.11.